The molecule has 1 aliphatic heterocycles. The fourth-order valence-electron chi connectivity index (χ4n) is 6.30. The number of likely N-dealkylation sites (tertiary alicyclic amines) is 1. The van der Waals surface area contributed by atoms with Crippen LogP contribution in [0.4, 0.5) is 10.3 Å². The molecule has 6 rings (SSSR count). The van der Waals surface area contributed by atoms with Crippen LogP contribution in [0.25, 0.3) is 22.6 Å². The third kappa shape index (κ3) is 6.19. The number of aromatic nitrogens is 4. The third-order valence-electron chi connectivity index (χ3n) is 8.79. The van der Waals surface area contributed by atoms with E-state index in [9.17, 15) is 9.50 Å². The molecule has 2 aromatic heterocycles. The Morgan fingerprint density at radius 2 is 1.66 bits per heavy atom. The molecule has 41 heavy (non-hydrogen) atoms. The molecule has 3 heterocycles. The van der Waals surface area contributed by atoms with Gasteiger partial charge in [-0.25, -0.2) is 19.3 Å². The first-order valence-electron chi connectivity index (χ1n) is 15.0. The zero-order chi connectivity index (χ0) is 28.2. The van der Waals surface area contributed by atoms with Crippen molar-refractivity contribution in [2.75, 3.05) is 18.4 Å². The lowest BCUT2D eigenvalue weighted by atomic mass is 9.89. The SMILES string of the molecule is C[C@H](Nc1nccc(-c2[nH]c(C3(O)CCN(C4CCCCCC4)CC3)nc2-c2ccc(F)cc2)n1)c1ccccc1. The zero-order valence-electron chi connectivity index (χ0n) is 23.7. The standard InChI is InChI=1S/C33H39FN6O/c1-23(24-9-5-4-6-10-24)36-32-35-20-17-28(37-32)30-29(25-13-15-26(34)16-14-25)38-31(39-30)33(41)18-21-40(22-19-33)27-11-7-2-3-8-12-27/h4-6,9-10,13-17,20,23,27,41H,2-3,7-8,11-12,18-19,21-22H2,1H3,(H,38,39)(H,35,36,37)/t23-/m0/s1. The van der Waals surface area contributed by atoms with Gasteiger partial charge < -0.3 is 20.3 Å². The third-order valence-corrected chi connectivity index (χ3v) is 8.79. The van der Waals surface area contributed by atoms with E-state index >= 15 is 0 Å². The number of H-pyrrole nitrogens is 1. The van der Waals surface area contributed by atoms with Gasteiger partial charge in [-0.1, -0.05) is 56.0 Å². The number of anilines is 1. The van der Waals surface area contributed by atoms with E-state index < -0.39 is 5.60 Å². The van der Waals surface area contributed by atoms with Gasteiger partial charge in [0.15, 0.2) is 0 Å². The van der Waals surface area contributed by atoms with Crippen molar-refractivity contribution in [2.24, 2.45) is 0 Å². The minimum atomic E-state index is -1.07. The van der Waals surface area contributed by atoms with Gasteiger partial charge in [0, 0.05) is 30.9 Å². The number of rotatable bonds is 7. The van der Waals surface area contributed by atoms with Gasteiger partial charge >= 0.3 is 0 Å². The van der Waals surface area contributed by atoms with Crippen molar-refractivity contribution in [3.63, 3.8) is 0 Å². The molecule has 0 radical (unpaired) electrons. The summed E-state index contributed by atoms with van der Waals surface area (Å²) in [5, 5.41) is 15.3. The number of benzene rings is 2. The van der Waals surface area contributed by atoms with Gasteiger partial charge in [-0.2, -0.15) is 0 Å². The van der Waals surface area contributed by atoms with E-state index in [1.165, 1.54) is 50.7 Å². The van der Waals surface area contributed by atoms with Crippen LogP contribution in [0.3, 0.4) is 0 Å². The lowest BCUT2D eigenvalue weighted by Crippen LogP contribution is -2.47. The Morgan fingerprint density at radius 1 is 0.951 bits per heavy atom. The second kappa shape index (κ2) is 12.1. The number of hydrogen-bond acceptors (Lipinski definition) is 6. The molecule has 2 fully saturated rings. The lowest BCUT2D eigenvalue weighted by Gasteiger charge is -2.40. The molecule has 0 bridgehead atoms. The van der Waals surface area contributed by atoms with E-state index in [-0.39, 0.29) is 11.9 Å². The van der Waals surface area contributed by atoms with Crippen molar-refractivity contribution in [1.29, 1.82) is 0 Å². The maximum Gasteiger partial charge on any atom is 0.223 e. The summed E-state index contributed by atoms with van der Waals surface area (Å²) in [6.45, 7) is 3.77. The van der Waals surface area contributed by atoms with Crippen LogP contribution in [0.5, 0.6) is 0 Å². The smallest absolute Gasteiger partial charge is 0.223 e. The fraction of sp³-hybridized carbons (Fsp3) is 0.424. The van der Waals surface area contributed by atoms with E-state index in [1.54, 1.807) is 18.3 Å². The first-order valence-corrected chi connectivity index (χ1v) is 15.0. The summed E-state index contributed by atoms with van der Waals surface area (Å²) in [4.78, 5) is 20.2. The highest BCUT2D eigenvalue weighted by Crippen LogP contribution is 2.38. The normalized spacial score (nSPS) is 19.0. The zero-order valence-corrected chi connectivity index (χ0v) is 23.7. The Labute approximate surface area is 241 Å². The van der Waals surface area contributed by atoms with Gasteiger partial charge in [-0.3, -0.25) is 0 Å². The number of aromatic amines is 1. The second-order valence-corrected chi connectivity index (χ2v) is 11.6. The van der Waals surface area contributed by atoms with Crippen molar-refractivity contribution in [3.8, 4) is 22.6 Å². The molecule has 7 nitrogen and oxygen atoms in total. The quantitative estimate of drug-likeness (QED) is 0.217. The fourth-order valence-corrected chi connectivity index (χ4v) is 6.30. The number of halogens is 1. The van der Waals surface area contributed by atoms with Crippen LogP contribution in [0.15, 0.2) is 66.9 Å². The van der Waals surface area contributed by atoms with Gasteiger partial charge in [-0.15, -0.1) is 0 Å². The summed E-state index contributed by atoms with van der Waals surface area (Å²) in [6.07, 6.45) is 10.7. The molecule has 214 valence electrons. The molecule has 1 aliphatic carbocycles. The van der Waals surface area contributed by atoms with E-state index in [2.05, 4.69) is 39.2 Å². The Bertz CT molecular complexity index is 1420. The highest BCUT2D eigenvalue weighted by molar-refractivity contribution is 5.77. The summed E-state index contributed by atoms with van der Waals surface area (Å²) in [7, 11) is 0. The molecule has 0 amide bonds. The molecule has 0 spiro atoms. The number of nitrogens with one attached hydrogen (secondary N) is 2. The highest BCUT2D eigenvalue weighted by atomic mass is 19.1. The van der Waals surface area contributed by atoms with E-state index in [4.69, 9.17) is 9.97 Å². The average molecular weight is 555 g/mol. The van der Waals surface area contributed by atoms with Crippen molar-refractivity contribution < 1.29 is 9.50 Å². The maximum absolute atomic E-state index is 13.8. The van der Waals surface area contributed by atoms with E-state index in [0.717, 1.165) is 24.2 Å². The number of piperidine rings is 1. The summed E-state index contributed by atoms with van der Waals surface area (Å²) in [5.41, 5.74) is 2.80. The van der Waals surface area contributed by atoms with Crippen LogP contribution < -0.4 is 5.32 Å². The van der Waals surface area contributed by atoms with Crippen LogP contribution in [0.1, 0.15) is 75.7 Å². The first-order chi connectivity index (χ1) is 20.0. The molecular weight excluding hydrogens is 515 g/mol. The van der Waals surface area contributed by atoms with Crippen LogP contribution in [-0.4, -0.2) is 49.1 Å². The molecule has 1 saturated heterocycles. The monoisotopic (exact) mass is 554 g/mol. The number of aliphatic hydroxyl groups is 1. The Morgan fingerprint density at radius 3 is 2.37 bits per heavy atom. The van der Waals surface area contributed by atoms with Crippen molar-refractivity contribution in [3.05, 3.63) is 84.1 Å². The Hall–Kier alpha value is -3.62. The number of imidazole rings is 1. The lowest BCUT2D eigenvalue weighted by molar-refractivity contribution is -0.0428. The molecule has 2 aromatic carbocycles. The summed E-state index contributed by atoms with van der Waals surface area (Å²) in [6, 6.07) is 18.9. The van der Waals surface area contributed by atoms with Gasteiger partial charge in [0.1, 0.15) is 17.2 Å². The highest BCUT2D eigenvalue weighted by Gasteiger charge is 2.39. The topological polar surface area (TPSA) is 90.0 Å². The largest absolute Gasteiger partial charge is 0.382 e. The minimum Gasteiger partial charge on any atom is -0.382 e. The van der Waals surface area contributed by atoms with E-state index in [0.29, 0.717) is 47.7 Å². The van der Waals surface area contributed by atoms with Crippen LogP contribution in [-0.2, 0) is 5.60 Å². The molecule has 0 unspecified atom stereocenters. The van der Waals surface area contributed by atoms with Gasteiger partial charge in [0.25, 0.3) is 0 Å². The average Bonchev–Trinajstić information content (AvgIpc) is 3.28. The van der Waals surface area contributed by atoms with E-state index in [1.807, 2.05) is 24.3 Å². The molecular formula is C33H39FN6O. The summed E-state index contributed by atoms with van der Waals surface area (Å²) >= 11 is 0. The maximum atomic E-state index is 13.8. The number of nitrogens with zero attached hydrogens (tertiary/aromatic N) is 4. The molecule has 8 heteroatoms. The molecule has 1 atom stereocenters. The predicted molar refractivity (Wildman–Crippen MR) is 160 cm³/mol. The van der Waals surface area contributed by atoms with Crippen LogP contribution in [0, 0.1) is 5.82 Å². The summed E-state index contributed by atoms with van der Waals surface area (Å²) < 4.78 is 13.8. The molecule has 4 aromatic rings. The minimum absolute atomic E-state index is 0.0136. The van der Waals surface area contributed by atoms with Crippen LogP contribution in [0.2, 0.25) is 0 Å². The molecule has 2 aliphatic rings. The number of hydrogen-bond donors (Lipinski definition) is 3. The van der Waals surface area contributed by atoms with Crippen molar-refractivity contribution >= 4 is 5.95 Å². The molecule has 1 saturated carbocycles. The van der Waals surface area contributed by atoms with Crippen molar-refractivity contribution in [1.82, 2.24) is 24.8 Å². The predicted octanol–water partition coefficient (Wildman–Crippen LogP) is 6.85. The van der Waals surface area contributed by atoms with Gasteiger partial charge in [0.2, 0.25) is 5.95 Å². The second-order valence-electron chi connectivity index (χ2n) is 11.6. The Balaban J connectivity index is 1.29. The van der Waals surface area contributed by atoms with Gasteiger partial charge in [0.05, 0.1) is 23.1 Å². The summed E-state index contributed by atoms with van der Waals surface area (Å²) in [5.74, 6) is 0.729. The Kier molecular flexibility index (Phi) is 8.12. The molecule has 3 N–H and O–H groups in total. The van der Waals surface area contributed by atoms with Crippen molar-refractivity contribution in [2.45, 2.75) is 76.0 Å². The van der Waals surface area contributed by atoms with Gasteiger partial charge in [-0.05, 0) is 68.5 Å². The first kappa shape index (κ1) is 27.5. The van der Waals surface area contributed by atoms with Crippen LogP contribution >= 0.6 is 0 Å².